The van der Waals surface area contributed by atoms with Gasteiger partial charge in [-0.1, -0.05) is 19.8 Å². The molecule has 17 rings (SSSR count). The lowest BCUT2D eigenvalue weighted by atomic mass is 9.61. The molecule has 13 aliphatic heterocycles. The molecular weight excluding hydrogens is 1070 g/mol. The highest BCUT2D eigenvalue weighted by molar-refractivity contribution is 5.02. The number of hydrogen-bond acceptors (Lipinski definition) is 10. The number of piperidine rings is 7. The molecule has 13 heterocycles. The molecule has 7 unspecified atom stereocenters. The van der Waals surface area contributed by atoms with E-state index in [0.717, 1.165) is 79.1 Å². The lowest BCUT2D eigenvalue weighted by Gasteiger charge is -2.55. The van der Waals surface area contributed by atoms with Crippen molar-refractivity contribution in [1.29, 1.82) is 0 Å². The topological polar surface area (TPSA) is 53.2 Å². The first kappa shape index (κ1) is 72.4. The summed E-state index contributed by atoms with van der Waals surface area (Å²) in [6, 6.07) is 5.41. The minimum Gasteiger partial charge on any atom is -0.378 e. The van der Waals surface area contributed by atoms with Gasteiger partial charge in [-0.25, -0.2) is 0 Å². The van der Waals surface area contributed by atoms with Crippen molar-refractivity contribution in [2.24, 2.45) is 28.6 Å². The maximum atomic E-state index is 5.66. The highest BCUT2D eigenvalue weighted by Gasteiger charge is 2.48. The van der Waals surface area contributed by atoms with E-state index < -0.39 is 0 Å². The van der Waals surface area contributed by atoms with Gasteiger partial charge in [0.15, 0.2) is 0 Å². The van der Waals surface area contributed by atoms with Crippen molar-refractivity contribution in [3.05, 3.63) is 0 Å². The quantitative estimate of drug-likeness (QED) is 0.275. The number of morpholine rings is 2. The second-order valence-corrected chi connectivity index (χ2v) is 38.8. The van der Waals surface area contributed by atoms with Crippen LogP contribution in [0.4, 0.5) is 0 Å². The molecule has 17 aliphatic rings. The fraction of sp³-hybridized carbons (Fsp3) is 1.00. The van der Waals surface area contributed by atoms with E-state index in [2.05, 4.69) is 192 Å². The van der Waals surface area contributed by atoms with Gasteiger partial charge in [-0.3, -0.25) is 34.3 Å². The minimum absolute atomic E-state index is 0.327. The van der Waals surface area contributed by atoms with Crippen LogP contribution in [0.25, 0.3) is 0 Å². The van der Waals surface area contributed by atoms with E-state index in [1.807, 2.05) is 0 Å². The first-order chi connectivity index (χ1) is 40.3. The molecule has 0 amide bonds. The number of rotatable bonds is 1. The number of nitrogens with one attached hydrogen (secondary N) is 1. The molecule has 0 radical (unpaired) electrons. The predicted molar refractivity (Wildman–Crippen MR) is 372 cm³/mol. The summed E-state index contributed by atoms with van der Waals surface area (Å²) in [5, 5.41) is 3.65. The summed E-state index contributed by atoms with van der Waals surface area (Å²) in [7, 11) is 0. The van der Waals surface area contributed by atoms with Crippen LogP contribution in [0.1, 0.15) is 300 Å². The second-order valence-electron chi connectivity index (χ2n) is 38.8. The van der Waals surface area contributed by atoms with Gasteiger partial charge in [0.25, 0.3) is 0 Å². The zero-order valence-corrected chi connectivity index (χ0v) is 62.0. The van der Waals surface area contributed by atoms with Gasteiger partial charge in [-0.05, 0) is 322 Å². The highest BCUT2D eigenvalue weighted by Crippen LogP contribution is 2.52. The molecule has 0 aromatic carbocycles. The molecule has 508 valence electrons. The molecule has 10 bridgehead atoms. The molecule has 13 saturated heterocycles. The number of likely N-dealkylation sites (tertiary alicyclic amines) is 3. The zero-order chi connectivity index (χ0) is 63.8. The van der Waals surface area contributed by atoms with E-state index in [9.17, 15) is 0 Å². The lowest BCUT2D eigenvalue weighted by Crippen LogP contribution is -2.60. The van der Waals surface area contributed by atoms with Gasteiger partial charge >= 0.3 is 0 Å². The van der Waals surface area contributed by atoms with Crippen LogP contribution >= 0.6 is 0 Å². The molecule has 0 aromatic rings. The number of fused-ring (bicyclic) bond motifs is 12. The molecule has 10 nitrogen and oxygen atoms in total. The molecule has 7 atom stereocenters. The van der Waals surface area contributed by atoms with Crippen molar-refractivity contribution >= 4 is 0 Å². The third kappa shape index (κ3) is 19.6. The minimum atomic E-state index is 0.327. The number of ether oxygens (including phenoxy) is 2. The SMILES string of the molecule is CC(C)(C)N1C2CCC1COC2.CC(C)(C)N1CC2CC(C2)C1.CC(C)(C)N1CC2CCC(C1)N2.CC(C)(C)N1CC2CCC1CC2.CC(C)(C)N1CC2CCC1CO2.CC(C)(C)N1CCCC2(CCC2)C1.CCC1CC2(CCC2)CCN1C(C)(C)C. The third-order valence-corrected chi connectivity index (χ3v) is 24.8. The zero-order valence-electron chi connectivity index (χ0n) is 62.0. The van der Waals surface area contributed by atoms with Gasteiger partial charge < -0.3 is 14.8 Å². The molecule has 2 spiro atoms. The lowest BCUT2D eigenvalue weighted by molar-refractivity contribution is -0.133. The highest BCUT2D eigenvalue weighted by atomic mass is 16.5. The average Bonchev–Trinajstić information content (AvgIpc) is 1.97. The van der Waals surface area contributed by atoms with Gasteiger partial charge in [0.1, 0.15) is 0 Å². The van der Waals surface area contributed by atoms with E-state index in [1.54, 1.807) is 0 Å². The Morgan fingerprint density at radius 2 is 0.862 bits per heavy atom. The Kier molecular flexibility index (Phi) is 24.1. The molecule has 1 N–H and O–H groups in total. The standard InChI is InChI=1S/C14H27N.C12H23N.C11H21N.C10H20N2.2C10H19NO.C10H19N/c1-5-12-11-14(7-6-8-14)9-10-15(12)13(2,3)4;1-11(2,3)13-9-5-8-12(10-13)6-4-7-12;1-11(2,3)12-8-9-4-6-10(12)7-5-9;1-10(2,3)12-6-8-4-5-9(7-12)11-8;1-10(2,3)11-6-9-5-4-8(11)7-12-9;1-10(2,3)11-8-4-5-9(11)7-12-6-8;1-10(2,3)11-6-8-4-9(5-8)7-11/h12H,5-11H2,1-4H3;4-10H2,1-3H3;9-10H,4-8H2,1-3H3;8-9,11H,4-7H2,1-3H3;2*8-9H,4-7H2,1-3H3;8-9H,4-7H2,1-3H3. The smallest absolute Gasteiger partial charge is 0.0703 e. The van der Waals surface area contributed by atoms with Crippen molar-refractivity contribution in [1.82, 2.24) is 39.6 Å². The first-order valence-electron chi connectivity index (χ1n) is 37.6. The van der Waals surface area contributed by atoms with Crippen LogP contribution in [0, 0.1) is 28.6 Å². The van der Waals surface area contributed by atoms with Crippen LogP contribution in [0.3, 0.4) is 0 Å². The van der Waals surface area contributed by atoms with Crippen molar-refractivity contribution in [2.45, 2.75) is 387 Å². The number of hydrogen-bond donors (Lipinski definition) is 1. The summed E-state index contributed by atoms with van der Waals surface area (Å²) in [5.74, 6) is 3.12. The number of piperazine rings is 1. The van der Waals surface area contributed by atoms with Crippen LogP contribution < -0.4 is 5.32 Å². The van der Waals surface area contributed by atoms with E-state index in [-0.39, 0.29) is 0 Å². The van der Waals surface area contributed by atoms with Gasteiger partial charge in [0.2, 0.25) is 0 Å². The average molecular weight is 1220 g/mol. The third-order valence-electron chi connectivity index (χ3n) is 24.8. The summed E-state index contributed by atoms with van der Waals surface area (Å²) < 4.78 is 11.2. The van der Waals surface area contributed by atoms with Gasteiger partial charge in [-0.15, -0.1) is 0 Å². The molecule has 0 aromatic heterocycles. The molecule has 17 fully saturated rings. The van der Waals surface area contributed by atoms with Gasteiger partial charge in [-0.2, -0.15) is 0 Å². The Hall–Kier alpha value is -0.400. The Morgan fingerprint density at radius 1 is 0.391 bits per heavy atom. The fourth-order valence-corrected chi connectivity index (χ4v) is 19.2. The number of nitrogens with zero attached hydrogens (tertiary/aromatic N) is 7. The van der Waals surface area contributed by atoms with E-state index in [1.165, 1.54) is 200 Å². The largest absolute Gasteiger partial charge is 0.378 e. The maximum absolute atomic E-state index is 5.66. The van der Waals surface area contributed by atoms with Crippen molar-refractivity contribution in [3.8, 4) is 0 Å². The van der Waals surface area contributed by atoms with Crippen LogP contribution in [-0.2, 0) is 9.47 Å². The Bertz CT molecular complexity index is 1960. The van der Waals surface area contributed by atoms with Crippen LogP contribution in [-0.4, -0.2) is 200 Å². The first-order valence-corrected chi connectivity index (χ1v) is 37.6. The maximum Gasteiger partial charge on any atom is 0.0703 e. The fourth-order valence-electron chi connectivity index (χ4n) is 19.2. The van der Waals surface area contributed by atoms with Crippen molar-refractivity contribution < 1.29 is 9.47 Å². The predicted octanol–water partition coefficient (Wildman–Crippen LogP) is 16.2. The summed E-state index contributed by atoms with van der Waals surface area (Å²) in [6.45, 7) is 66.0. The summed E-state index contributed by atoms with van der Waals surface area (Å²) in [5.41, 5.74) is 4.13. The Morgan fingerprint density at radius 3 is 1.21 bits per heavy atom. The van der Waals surface area contributed by atoms with Gasteiger partial charge in [0.05, 0.1) is 25.9 Å². The normalized spacial score (nSPS) is 35.2. The Balaban J connectivity index is 0.000000132. The molecular formula is C77H148N8O2. The second kappa shape index (κ2) is 28.9. The van der Waals surface area contributed by atoms with E-state index in [0.29, 0.717) is 63.0 Å². The summed E-state index contributed by atoms with van der Waals surface area (Å²) in [4.78, 5) is 18.7. The van der Waals surface area contributed by atoms with Crippen molar-refractivity contribution in [3.63, 3.8) is 0 Å². The molecule has 4 saturated carbocycles. The molecule has 87 heavy (non-hydrogen) atoms. The van der Waals surface area contributed by atoms with E-state index in [4.69, 9.17) is 9.47 Å². The van der Waals surface area contributed by atoms with E-state index >= 15 is 0 Å². The van der Waals surface area contributed by atoms with Crippen molar-refractivity contribution in [2.75, 3.05) is 78.7 Å². The van der Waals surface area contributed by atoms with Crippen LogP contribution in [0.5, 0.6) is 0 Å². The van der Waals surface area contributed by atoms with Gasteiger partial charge in [0, 0.05) is 127 Å². The summed E-state index contributed by atoms with van der Waals surface area (Å²) in [6.07, 6.45) is 33.7. The van der Waals surface area contributed by atoms with Crippen LogP contribution in [0.15, 0.2) is 0 Å². The molecule has 10 heteroatoms. The van der Waals surface area contributed by atoms with Crippen LogP contribution in [0.2, 0.25) is 0 Å². The Labute approximate surface area is 541 Å². The summed E-state index contributed by atoms with van der Waals surface area (Å²) >= 11 is 0. The monoisotopic (exact) mass is 1220 g/mol. The molecule has 4 aliphatic carbocycles.